The fraction of sp³-hybridized carbons (Fsp3) is 0.321. The lowest BCUT2D eigenvalue weighted by atomic mass is 9.89. The number of carbonyl (C=O) groups is 2. The van der Waals surface area contributed by atoms with Crippen LogP contribution >= 0.6 is 11.8 Å². The summed E-state index contributed by atoms with van der Waals surface area (Å²) in [5.74, 6) is -0.226. The van der Waals surface area contributed by atoms with Gasteiger partial charge in [0.1, 0.15) is 0 Å². The summed E-state index contributed by atoms with van der Waals surface area (Å²) in [5, 5.41) is 8.87. The predicted molar refractivity (Wildman–Crippen MR) is 144 cm³/mol. The van der Waals surface area contributed by atoms with Gasteiger partial charge in [0.15, 0.2) is 5.17 Å². The van der Waals surface area contributed by atoms with Gasteiger partial charge < -0.3 is 15.5 Å². The number of amidine groups is 1. The summed E-state index contributed by atoms with van der Waals surface area (Å²) in [6.45, 7) is 10.0. The molecule has 35 heavy (non-hydrogen) atoms. The minimum absolute atomic E-state index is 0.0336. The molecule has 0 unspecified atom stereocenters. The summed E-state index contributed by atoms with van der Waals surface area (Å²) in [5.41, 5.74) is 6.07. The lowest BCUT2D eigenvalue weighted by Crippen LogP contribution is -2.40. The van der Waals surface area contributed by atoms with Crippen molar-refractivity contribution >= 4 is 34.4 Å². The first-order chi connectivity index (χ1) is 16.8. The molecule has 7 heteroatoms. The summed E-state index contributed by atoms with van der Waals surface area (Å²) in [7, 11) is 0. The summed E-state index contributed by atoms with van der Waals surface area (Å²) >= 11 is 1.50. The van der Waals surface area contributed by atoms with Crippen LogP contribution in [0.25, 0.3) is 0 Å². The normalized spacial score (nSPS) is 18.0. The molecule has 2 atom stereocenters. The van der Waals surface area contributed by atoms with E-state index in [-0.39, 0.29) is 30.3 Å². The van der Waals surface area contributed by atoms with Gasteiger partial charge in [-0.05, 0) is 62.8 Å². The number of aryl methyl sites for hydroxylation is 2. The van der Waals surface area contributed by atoms with Crippen molar-refractivity contribution in [2.45, 2.75) is 59.5 Å². The Morgan fingerprint density at radius 3 is 2.57 bits per heavy atom. The standard InChI is InChI=1S/C28H32N4O2S/c1-6-19(4)29-24(33)15-22-16-35-28-30-20(5)25(27(34)31-21-10-8-7-9-11-21)26(32(22)28)23-14-17(2)12-13-18(23)3/h7-14,16,19,26H,6,15H2,1-5H3,(H,29,33)(H,31,34)/t19-,26-/m1/s1. The third-order valence-corrected chi connectivity index (χ3v) is 7.26. The maximum absolute atomic E-state index is 13.7. The quantitative estimate of drug-likeness (QED) is 0.515. The van der Waals surface area contributed by atoms with Gasteiger partial charge in [-0.1, -0.05) is 60.6 Å². The van der Waals surface area contributed by atoms with Crippen molar-refractivity contribution in [1.82, 2.24) is 10.2 Å². The highest BCUT2D eigenvalue weighted by molar-refractivity contribution is 8.16. The molecule has 0 saturated heterocycles. The van der Waals surface area contributed by atoms with Crippen LogP contribution in [0.2, 0.25) is 0 Å². The Labute approximate surface area is 211 Å². The molecule has 2 amide bonds. The van der Waals surface area contributed by atoms with Crippen molar-refractivity contribution in [2.24, 2.45) is 4.99 Å². The number of thioether (sulfide) groups is 1. The minimum atomic E-state index is -0.385. The van der Waals surface area contributed by atoms with E-state index in [2.05, 4.69) is 47.6 Å². The summed E-state index contributed by atoms with van der Waals surface area (Å²) in [4.78, 5) is 33.4. The molecule has 2 heterocycles. The maximum Gasteiger partial charge on any atom is 0.255 e. The van der Waals surface area contributed by atoms with Crippen LogP contribution in [-0.2, 0) is 9.59 Å². The van der Waals surface area contributed by atoms with Gasteiger partial charge in [-0.15, -0.1) is 0 Å². The van der Waals surface area contributed by atoms with Crippen molar-refractivity contribution in [2.75, 3.05) is 5.32 Å². The van der Waals surface area contributed by atoms with E-state index in [9.17, 15) is 9.59 Å². The van der Waals surface area contributed by atoms with Gasteiger partial charge in [-0.25, -0.2) is 4.99 Å². The third kappa shape index (κ3) is 5.35. The topological polar surface area (TPSA) is 73.8 Å². The Morgan fingerprint density at radius 2 is 1.86 bits per heavy atom. The van der Waals surface area contributed by atoms with E-state index in [0.717, 1.165) is 39.7 Å². The fourth-order valence-electron chi connectivity index (χ4n) is 4.32. The van der Waals surface area contributed by atoms with E-state index < -0.39 is 0 Å². The number of amides is 2. The van der Waals surface area contributed by atoms with Crippen molar-refractivity contribution in [3.05, 3.63) is 87.6 Å². The van der Waals surface area contributed by atoms with Crippen LogP contribution in [0.4, 0.5) is 5.69 Å². The molecule has 2 aliphatic heterocycles. The summed E-state index contributed by atoms with van der Waals surface area (Å²) in [6, 6.07) is 15.5. The highest BCUT2D eigenvalue weighted by Gasteiger charge is 2.41. The number of benzene rings is 2. The third-order valence-electron chi connectivity index (χ3n) is 6.37. The van der Waals surface area contributed by atoms with Crippen LogP contribution in [0.15, 0.2) is 75.9 Å². The van der Waals surface area contributed by atoms with Gasteiger partial charge in [-0.3, -0.25) is 9.59 Å². The molecule has 2 aromatic rings. The van der Waals surface area contributed by atoms with Crippen LogP contribution in [-0.4, -0.2) is 27.9 Å². The molecule has 0 aromatic heterocycles. The number of fused-ring (bicyclic) bond motifs is 1. The number of para-hydroxylation sites is 1. The molecule has 2 aromatic carbocycles. The second-order valence-electron chi connectivity index (χ2n) is 9.13. The Morgan fingerprint density at radius 1 is 1.11 bits per heavy atom. The van der Waals surface area contributed by atoms with Gasteiger partial charge in [0.05, 0.1) is 23.7 Å². The second kappa shape index (κ2) is 10.5. The SMILES string of the molecule is CC[C@@H](C)NC(=O)CC1=CSC2=NC(C)=C(C(=O)Nc3ccccc3)[C@@H](c3cc(C)ccc3C)N12. The lowest BCUT2D eigenvalue weighted by Gasteiger charge is -2.37. The van der Waals surface area contributed by atoms with E-state index in [1.165, 1.54) is 11.8 Å². The molecule has 0 aliphatic carbocycles. The molecular weight excluding hydrogens is 456 g/mol. The van der Waals surface area contributed by atoms with Crippen molar-refractivity contribution < 1.29 is 9.59 Å². The zero-order valence-electron chi connectivity index (χ0n) is 20.9. The van der Waals surface area contributed by atoms with E-state index in [1.807, 2.05) is 56.5 Å². The molecule has 2 aliphatic rings. The van der Waals surface area contributed by atoms with Crippen molar-refractivity contribution in [3.8, 4) is 0 Å². The zero-order valence-corrected chi connectivity index (χ0v) is 21.7. The lowest BCUT2D eigenvalue weighted by molar-refractivity contribution is -0.121. The van der Waals surface area contributed by atoms with Gasteiger partial charge in [0, 0.05) is 17.4 Å². The van der Waals surface area contributed by atoms with Crippen LogP contribution in [0.5, 0.6) is 0 Å². The number of carbonyl (C=O) groups excluding carboxylic acids is 2. The average Bonchev–Trinajstić information content (AvgIpc) is 3.21. The van der Waals surface area contributed by atoms with Crippen LogP contribution in [0.3, 0.4) is 0 Å². The number of anilines is 1. The van der Waals surface area contributed by atoms with Crippen LogP contribution in [0, 0.1) is 13.8 Å². The number of nitrogens with zero attached hydrogens (tertiary/aromatic N) is 2. The molecule has 0 radical (unpaired) electrons. The number of hydrogen-bond donors (Lipinski definition) is 2. The van der Waals surface area contributed by atoms with Gasteiger partial charge in [-0.2, -0.15) is 0 Å². The highest BCUT2D eigenvalue weighted by atomic mass is 32.2. The minimum Gasteiger partial charge on any atom is -0.353 e. The van der Waals surface area contributed by atoms with Gasteiger partial charge in [0.25, 0.3) is 5.91 Å². The van der Waals surface area contributed by atoms with E-state index in [4.69, 9.17) is 4.99 Å². The van der Waals surface area contributed by atoms with Crippen molar-refractivity contribution in [3.63, 3.8) is 0 Å². The molecule has 4 rings (SSSR count). The molecule has 2 N–H and O–H groups in total. The molecule has 0 bridgehead atoms. The first-order valence-electron chi connectivity index (χ1n) is 12.0. The van der Waals surface area contributed by atoms with E-state index >= 15 is 0 Å². The number of allylic oxidation sites excluding steroid dienone is 1. The molecular formula is C28H32N4O2S. The first-order valence-corrected chi connectivity index (χ1v) is 12.8. The smallest absolute Gasteiger partial charge is 0.255 e. The maximum atomic E-state index is 13.7. The number of hydrogen-bond acceptors (Lipinski definition) is 5. The van der Waals surface area contributed by atoms with Gasteiger partial charge >= 0.3 is 0 Å². The number of rotatable bonds is 7. The Kier molecular flexibility index (Phi) is 7.45. The fourth-order valence-corrected chi connectivity index (χ4v) is 5.29. The predicted octanol–water partition coefficient (Wildman–Crippen LogP) is 5.82. The van der Waals surface area contributed by atoms with E-state index in [1.54, 1.807) is 0 Å². The number of aliphatic imine (C=N–C) groups is 1. The average molecular weight is 489 g/mol. The van der Waals surface area contributed by atoms with Crippen LogP contribution < -0.4 is 10.6 Å². The second-order valence-corrected chi connectivity index (χ2v) is 9.96. The molecule has 0 saturated carbocycles. The van der Waals surface area contributed by atoms with Crippen LogP contribution in [0.1, 0.15) is 56.3 Å². The zero-order chi connectivity index (χ0) is 25.1. The molecule has 0 spiro atoms. The van der Waals surface area contributed by atoms with Crippen molar-refractivity contribution in [1.29, 1.82) is 0 Å². The molecule has 0 fully saturated rings. The highest BCUT2D eigenvalue weighted by Crippen LogP contribution is 2.45. The first kappa shape index (κ1) is 24.8. The molecule has 6 nitrogen and oxygen atoms in total. The largest absolute Gasteiger partial charge is 0.353 e. The molecule has 182 valence electrons. The monoisotopic (exact) mass is 488 g/mol. The Hall–Kier alpha value is -3.32. The van der Waals surface area contributed by atoms with Gasteiger partial charge in [0.2, 0.25) is 5.91 Å². The summed E-state index contributed by atoms with van der Waals surface area (Å²) < 4.78 is 0. The Balaban J connectivity index is 1.75. The van der Waals surface area contributed by atoms with E-state index in [0.29, 0.717) is 11.3 Å². The number of nitrogens with one attached hydrogen (secondary N) is 2. The Bertz CT molecular complexity index is 1230. The summed E-state index contributed by atoms with van der Waals surface area (Å²) in [6.07, 6.45) is 1.09.